The SMILES string of the molecule is C[C@@H](OCC1(c2ccccc2)CC(N)(C(=O)O)C1)c1cc(C(F)(F)F)cc(C(F)(F)F)c1. The summed E-state index contributed by atoms with van der Waals surface area (Å²) in [4.78, 5) is 11.5. The van der Waals surface area contributed by atoms with Crippen molar-refractivity contribution in [1.82, 2.24) is 0 Å². The van der Waals surface area contributed by atoms with Gasteiger partial charge in [-0.25, -0.2) is 0 Å². The van der Waals surface area contributed by atoms with Gasteiger partial charge in [-0.2, -0.15) is 26.3 Å². The highest BCUT2D eigenvalue weighted by Gasteiger charge is 2.58. The lowest BCUT2D eigenvalue weighted by atomic mass is 9.55. The second-order valence-electron chi connectivity index (χ2n) is 8.25. The molecule has 10 heteroatoms. The molecule has 1 aliphatic rings. The van der Waals surface area contributed by atoms with Crippen LogP contribution in [0, 0.1) is 0 Å². The highest BCUT2D eigenvalue weighted by molar-refractivity contribution is 5.81. The van der Waals surface area contributed by atoms with Gasteiger partial charge >= 0.3 is 18.3 Å². The maximum atomic E-state index is 13.1. The standard InChI is InChI=1S/C22H21F6NO3/c1-13(14-7-16(21(23,24)25)9-17(8-14)22(26,27)28)32-12-19(15-5-3-2-4-6-15)10-20(29,11-19)18(30)31/h2-9,13H,10-12,29H2,1H3,(H,30,31)/t13-,19?,20?/m1/s1. The number of alkyl halides is 6. The highest BCUT2D eigenvalue weighted by atomic mass is 19.4. The predicted octanol–water partition coefficient (Wildman–Crippen LogP) is 5.32. The summed E-state index contributed by atoms with van der Waals surface area (Å²) in [7, 11) is 0. The maximum absolute atomic E-state index is 13.1. The Kier molecular flexibility index (Phi) is 6.07. The summed E-state index contributed by atoms with van der Waals surface area (Å²) in [6.07, 6.45) is -11.0. The van der Waals surface area contributed by atoms with Gasteiger partial charge in [-0.05, 0) is 49.1 Å². The van der Waals surface area contributed by atoms with Crippen molar-refractivity contribution in [2.45, 2.75) is 49.2 Å². The number of benzene rings is 2. The first kappa shape index (κ1) is 24.1. The summed E-state index contributed by atoms with van der Waals surface area (Å²) in [5, 5.41) is 9.36. The second-order valence-corrected chi connectivity index (χ2v) is 8.25. The van der Waals surface area contributed by atoms with Crippen molar-refractivity contribution in [3.05, 3.63) is 70.8 Å². The van der Waals surface area contributed by atoms with Gasteiger partial charge in [-0.3, -0.25) is 4.79 Å². The third-order valence-electron chi connectivity index (χ3n) is 5.81. The van der Waals surface area contributed by atoms with Gasteiger partial charge in [0.05, 0.1) is 23.8 Å². The van der Waals surface area contributed by atoms with Crippen molar-refractivity contribution in [3.8, 4) is 0 Å². The lowest BCUT2D eigenvalue weighted by molar-refractivity contribution is -0.152. The molecule has 3 rings (SSSR count). The molecular formula is C22H21F6NO3. The molecule has 0 bridgehead atoms. The van der Waals surface area contributed by atoms with Crippen molar-refractivity contribution < 1.29 is 41.0 Å². The third-order valence-corrected chi connectivity index (χ3v) is 5.81. The van der Waals surface area contributed by atoms with E-state index in [0.29, 0.717) is 12.1 Å². The van der Waals surface area contributed by atoms with E-state index in [0.717, 1.165) is 5.56 Å². The molecule has 1 aliphatic carbocycles. The van der Waals surface area contributed by atoms with Crippen molar-refractivity contribution >= 4 is 5.97 Å². The first-order valence-corrected chi connectivity index (χ1v) is 9.65. The van der Waals surface area contributed by atoms with Crippen LogP contribution in [0.4, 0.5) is 26.3 Å². The predicted molar refractivity (Wildman–Crippen MR) is 103 cm³/mol. The monoisotopic (exact) mass is 461 g/mol. The average Bonchev–Trinajstić information content (AvgIpc) is 2.68. The number of hydrogen-bond acceptors (Lipinski definition) is 3. The summed E-state index contributed by atoms with van der Waals surface area (Å²) < 4.78 is 84.6. The van der Waals surface area contributed by atoms with Crippen LogP contribution in [0.1, 0.15) is 48.1 Å². The molecule has 4 nitrogen and oxygen atoms in total. The minimum Gasteiger partial charge on any atom is -0.480 e. The van der Waals surface area contributed by atoms with Crippen LogP contribution < -0.4 is 5.73 Å². The Morgan fingerprint density at radius 2 is 1.53 bits per heavy atom. The molecule has 32 heavy (non-hydrogen) atoms. The number of ether oxygens (including phenoxy) is 1. The summed E-state index contributed by atoms with van der Waals surface area (Å²) in [5.74, 6) is -1.19. The first-order valence-electron chi connectivity index (χ1n) is 9.65. The van der Waals surface area contributed by atoms with Crippen LogP contribution in [0.5, 0.6) is 0 Å². The minimum atomic E-state index is -4.96. The molecule has 174 valence electrons. The number of carboxylic acids is 1. The molecule has 0 amide bonds. The molecule has 2 aromatic carbocycles. The molecule has 0 unspecified atom stereocenters. The quantitative estimate of drug-likeness (QED) is 0.572. The van der Waals surface area contributed by atoms with Gasteiger partial charge in [0.2, 0.25) is 0 Å². The van der Waals surface area contributed by atoms with Crippen molar-refractivity contribution in [2.75, 3.05) is 6.61 Å². The molecule has 1 fully saturated rings. The Morgan fingerprint density at radius 1 is 1.03 bits per heavy atom. The lowest BCUT2D eigenvalue weighted by Crippen LogP contribution is -2.66. The second kappa shape index (κ2) is 8.08. The number of aliphatic carboxylic acids is 1. The Bertz CT molecular complexity index is 949. The molecule has 0 saturated heterocycles. The zero-order valence-electron chi connectivity index (χ0n) is 16.9. The van der Waals surface area contributed by atoms with Gasteiger partial charge in [0.25, 0.3) is 0 Å². The molecule has 0 spiro atoms. The Hall–Kier alpha value is -2.59. The Labute approximate surface area is 180 Å². The zero-order valence-corrected chi connectivity index (χ0v) is 16.9. The average molecular weight is 461 g/mol. The van der Waals surface area contributed by atoms with Crippen LogP contribution in [-0.2, 0) is 27.3 Å². The molecule has 1 atom stereocenters. The van der Waals surface area contributed by atoms with Crippen LogP contribution in [0.3, 0.4) is 0 Å². The van der Waals surface area contributed by atoms with E-state index >= 15 is 0 Å². The smallest absolute Gasteiger partial charge is 0.416 e. The van der Waals surface area contributed by atoms with E-state index in [2.05, 4.69) is 0 Å². The van der Waals surface area contributed by atoms with E-state index in [-0.39, 0.29) is 31.1 Å². The van der Waals surface area contributed by atoms with E-state index in [1.807, 2.05) is 0 Å². The number of rotatable bonds is 6. The number of halogens is 6. The Balaban J connectivity index is 1.87. The van der Waals surface area contributed by atoms with Crippen molar-refractivity contribution in [2.24, 2.45) is 5.73 Å². The number of nitrogens with two attached hydrogens (primary N) is 1. The summed E-state index contributed by atoms with van der Waals surface area (Å²) in [6, 6.07) is 10.0. The third kappa shape index (κ3) is 4.75. The molecule has 2 aromatic rings. The van der Waals surface area contributed by atoms with Gasteiger partial charge in [-0.1, -0.05) is 30.3 Å². The molecule has 3 N–H and O–H groups in total. The molecule has 0 heterocycles. The van der Waals surface area contributed by atoms with E-state index in [1.165, 1.54) is 6.92 Å². The zero-order chi connectivity index (χ0) is 23.9. The molecule has 0 radical (unpaired) electrons. The number of carbonyl (C=O) groups is 1. The largest absolute Gasteiger partial charge is 0.480 e. The normalized spacial score (nSPS) is 24.6. The van der Waals surface area contributed by atoms with Gasteiger partial charge < -0.3 is 15.6 Å². The van der Waals surface area contributed by atoms with Gasteiger partial charge in [0.15, 0.2) is 0 Å². The van der Waals surface area contributed by atoms with Gasteiger partial charge in [0.1, 0.15) is 5.54 Å². The number of hydrogen-bond donors (Lipinski definition) is 2. The van der Waals surface area contributed by atoms with Crippen molar-refractivity contribution in [3.63, 3.8) is 0 Å². The van der Waals surface area contributed by atoms with E-state index in [4.69, 9.17) is 10.5 Å². The fourth-order valence-corrected chi connectivity index (χ4v) is 4.08. The molecule has 0 aromatic heterocycles. The Morgan fingerprint density at radius 3 is 1.97 bits per heavy atom. The van der Waals surface area contributed by atoms with Crippen LogP contribution in [0.25, 0.3) is 0 Å². The van der Waals surface area contributed by atoms with Gasteiger partial charge in [0, 0.05) is 5.41 Å². The minimum absolute atomic E-state index is 0.0163. The first-order chi connectivity index (χ1) is 14.7. The molecular weight excluding hydrogens is 440 g/mol. The van der Waals surface area contributed by atoms with Crippen LogP contribution >= 0.6 is 0 Å². The summed E-state index contributed by atoms with van der Waals surface area (Å²) in [5.41, 5.74) is 1.20. The van der Waals surface area contributed by atoms with E-state index < -0.39 is 46.5 Å². The lowest BCUT2D eigenvalue weighted by Gasteiger charge is -2.52. The van der Waals surface area contributed by atoms with Crippen LogP contribution in [0.2, 0.25) is 0 Å². The topological polar surface area (TPSA) is 72.5 Å². The van der Waals surface area contributed by atoms with E-state index in [1.54, 1.807) is 30.3 Å². The van der Waals surface area contributed by atoms with E-state index in [9.17, 15) is 36.2 Å². The molecule has 1 saturated carbocycles. The summed E-state index contributed by atoms with van der Waals surface area (Å²) >= 11 is 0. The molecule has 0 aliphatic heterocycles. The fourth-order valence-electron chi connectivity index (χ4n) is 4.08. The maximum Gasteiger partial charge on any atom is 0.416 e. The van der Waals surface area contributed by atoms with Crippen LogP contribution in [0.15, 0.2) is 48.5 Å². The number of carboxylic acid groups (broad SMARTS) is 1. The summed E-state index contributed by atoms with van der Waals surface area (Å²) in [6.45, 7) is 1.22. The van der Waals surface area contributed by atoms with Gasteiger partial charge in [-0.15, -0.1) is 0 Å². The highest BCUT2D eigenvalue weighted by Crippen LogP contribution is 2.50. The van der Waals surface area contributed by atoms with Crippen LogP contribution in [-0.4, -0.2) is 23.2 Å². The van der Waals surface area contributed by atoms with Crippen molar-refractivity contribution in [1.29, 1.82) is 0 Å². The fraction of sp³-hybridized carbons (Fsp3) is 0.409.